The van der Waals surface area contributed by atoms with Crippen LogP contribution in [-0.2, 0) is 0 Å². The summed E-state index contributed by atoms with van der Waals surface area (Å²) in [7, 11) is 0. The number of aromatic nitrogens is 2. The van der Waals surface area contributed by atoms with Gasteiger partial charge in [-0.25, -0.2) is 23.1 Å². The predicted octanol–water partition coefficient (Wildman–Crippen LogP) is 2.78. The summed E-state index contributed by atoms with van der Waals surface area (Å²) < 4.78 is 39.6. The van der Waals surface area contributed by atoms with Crippen LogP contribution in [0.1, 0.15) is 23.8 Å². The summed E-state index contributed by atoms with van der Waals surface area (Å²) in [5, 5.41) is 5.03. The summed E-state index contributed by atoms with van der Waals surface area (Å²) in [5.74, 6) is -4.78. The fourth-order valence-corrected chi connectivity index (χ4v) is 1.62. The van der Waals surface area contributed by atoms with Crippen molar-refractivity contribution in [2.45, 2.75) is 13.3 Å². The molecule has 0 bridgehead atoms. The molecule has 0 aliphatic rings. The van der Waals surface area contributed by atoms with Crippen LogP contribution >= 0.6 is 0 Å². The molecule has 0 spiro atoms. The highest BCUT2D eigenvalue weighted by Gasteiger charge is 2.15. The Hall–Kier alpha value is -2.64. The number of halogens is 3. The molecule has 116 valence electrons. The Morgan fingerprint density at radius 1 is 1.18 bits per heavy atom. The van der Waals surface area contributed by atoms with Gasteiger partial charge in [0.15, 0.2) is 17.5 Å². The van der Waals surface area contributed by atoms with Crippen molar-refractivity contribution < 1.29 is 18.0 Å². The van der Waals surface area contributed by atoms with Crippen molar-refractivity contribution >= 4 is 17.5 Å². The van der Waals surface area contributed by atoms with Gasteiger partial charge in [0.2, 0.25) is 5.95 Å². The van der Waals surface area contributed by atoms with Gasteiger partial charge in [0.1, 0.15) is 5.69 Å². The molecule has 1 heterocycles. The molecule has 0 saturated heterocycles. The van der Waals surface area contributed by atoms with Crippen molar-refractivity contribution in [2.75, 3.05) is 11.9 Å². The number of nitrogens with one attached hydrogen (secondary N) is 2. The third-order valence-corrected chi connectivity index (χ3v) is 2.71. The first kappa shape index (κ1) is 15.7. The summed E-state index contributed by atoms with van der Waals surface area (Å²) in [5.41, 5.74) is -0.251. The molecule has 5 nitrogen and oxygen atoms in total. The molecule has 0 radical (unpaired) electrons. The monoisotopic (exact) mass is 310 g/mol. The van der Waals surface area contributed by atoms with Gasteiger partial charge in [0.25, 0.3) is 5.91 Å². The number of rotatable bonds is 5. The first-order valence-electron chi connectivity index (χ1n) is 6.54. The van der Waals surface area contributed by atoms with Crippen LogP contribution in [0.15, 0.2) is 24.4 Å². The number of amides is 1. The maximum Gasteiger partial charge on any atom is 0.270 e. The zero-order chi connectivity index (χ0) is 16.1. The second kappa shape index (κ2) is 6.88. The Morgan fingerprint density at radius 2 is 1.95 bits per heavy atom. The molecule has 1 aromatic heterocycles. The molecule has 2 aromatic rings. The molecule has 1 amide bonds. The van der Waals surface area contributed by atoms with Gasteiger partial charge < -0.3 is 10.6 Å². The van der Waals surface area contributed by atoms with Crippen molar-refractivity contribution in [1.29, 1.82) is 0 Å². The largest absolute Gasteiger partial charge is 0.351 e. The van der Waals surface area contributed by atoms with E-state index in [9.17, 15) is 18.0 Å². The molecule has 0 aliphatic carbocycles. The average molecular weight is 310 g/mol. The van der Waals surface area contributed by atoms with Crippen molar-refractivity contribution in [3.05, 3.63) is 47.5 Å². The van der Waals surface area contributed by atoms with Crippen LogP contribution in [0.4, 0.5) is 24.8 Å². The maximum absolute atomic E-state index is 13.6. The third-order valence-electron chi connectivity index (χ3n) is 2.71. The normalized spacial score (nSPS) is 10.4. The molecule has 22 heavy (non-hydrogen) atoms. The topological polar surface area (TPSA) is 66.9 Å². The Kier molecular flexibility index (Phi) is 4.92. The van der Waals surface area contributed by atoms with Crippen LogP contribution in [0.2, 0.25) is 0 Å². The third kappa shape index (κ3) is 3.51. The minimum absolute atomic E-state index is 0.0777. The fourth-order valence-electron chi connectivity index (χ4n) is 1.62. The van der Waals surface area contributed by atoms with Gasteiger partial charge in [-0.2, -0.15) is 0 Å². The van der Waals surface area contributed by atoms with Gasteiger partial charge >= 0.3 is 0 Å². The smallest absolute Gasteiger partial charge is 0.270 e. The summed E-state index contributed by atoms with van der Waals surface area (Å²) in [6.07, 6.45) is 2.07. The Bertz CT molecular complexity index is 694. The number of anilines is 2. The lowest BCUT2D eigenvalue weighted by Crippen LogP contribution is -2.25. The van der Waals surface area contributed by atoms with Crippen molar-refractivity contribution in [3.8, 4) is 0 Å². The molecule has 0 fully saturated rings. The van der Waals surface area contributed by atoms with Crippen molar-refractivity contribution in [2.24, 2.45) is 0 Å². The van der Waals surface area contributed by atoms with Gasteiger partial charge in [-0.05, 0) is 24.6 Å². The Balaban J connectivity index is 2.21. The molecule has 1 aromatic carbocycles. The van der Waals surface area contributed by atoms with Crippen molar-refractivity contribution in [3.63, 3.8) is 0 Å². The number of carbonyl (C=O) groups is 1. The van der Waals surface area contributed by atoms with E-state index in [-0.39, 0.29) is 17.3 Å². The van der Waals surface area contributed by atoms with E-state index in [2.05, 4.69) is 20.6 Å². The standard InChI is InChI=1S/C14H13F3N4O/c1-2-6-18-13(22)10-5-7-19-14(21-10)20-9-4-3-8(15)11(16)12(9)17/h3-5,7H,2,6H2,1H3,(H,18,22)(H,19,20,21). The molecular weight excluding hydrogens is 297 g/mol. The highest BCUT2D eigenvalue weighted by molar-refractivity contribution is 5.92. The SMILES string of the molecule is CCCNC(=O)c1ccnc(Nc2ccc(F)c(F)c2F)n1. The zero-order valence-corrected chi connectivity index (χ0v) is 11.7. The summed E-state index contributed by atoms with van der Waals surface area (Å²) >= 11 is 0. The van der Waals surface area contributed by atoms with Gasteiger partial charge in [0.05, 0.1) is 5.69 Å². The van der Waals surface area contributed by atoms with Crippen LogP contribution in [0.25, 0.3) is 0 Å². The molecule has 2 N–H and O–H groups in total. The van der Waals surface area contributed by atoms with Crippen LogP contribution in [0.3, 0.4) is 0 Å². The molecular formula is C14H13F3N4O. The fraction of sp³-hybridized carbons (Fsp3) is 0.214. The first-order valence-corrected chi connectivity index (χ1v) is 6.54. The highest BCUT2D eigenvalue weighted by Crippen LogP contribution is 2.21. The van der Waals surface area contributed by atoms with Crippen LogP contribution in [0, 0.1) is 17.5 Å². The average Bonchev–Trinajstić information content (AvgIpc) is 2.53. The van der Waals surface area contributed by atoms with E-state index in [1.165, 1.54) is 12.3 Å². The molecule has 0 saturated carbocycles. The van der Waals surface area contributed by atoms with Gasteiger partial charge in [-0.3, -0.25) is 4.79 Å². The molecule has 8 heteroatoms. The second-order valence-corrected chi connectivity index (χ2v) is 4.37. The lowest BCUT2D eigenvalue weighted by molar-refractivity contribution is 0.0948. The number of hydrogen-bond acceptors (Lipinski definition) is 4. The number of nitrogens with zero attached hydrogens (tertiary/aromatic N) is 2. The minimum atomic E-state index is -1.60. The minimum Gasteiger partial charge on any atom is -0.351 e. The van der Waals surface area contributed by atoms with Gasteiger partial charge in [-0.1, -0.05) is 6.92 Å². The van der Waals surface area contributed by atoms with Crippen LogP contribution < -0.4 is 10.6 Å². The van der Waals surface area contributed by atoms with E-state index >= 15 is 0 Å². The first-order chi connectivity index (χ1) is 10.5. The highest BCUT2D eigenvalue weighted by atomic mass is 19.2. The molecule has 0 aliphatic heterocycles. The van der Waals surface area contributed by atoms with E-state index < -0.39 is 23.4 Å². The molecule has 0 unspecified atom stereocenters. The van der Waals surface area contributed by atoms with Gasteiger partial charge in [0, 0.05) is 12.7 Å². The summed E-state index contributed by atoms with van der Waals surface area (Å²) in [4.78, 5) is 19.5. The van der Waals surface area contributed by atoms with Gasteiger partial charge in [-0.15, -0.1) is 0 Å². The molecule has 0 atom stereocenters. The second-order valence-electron chi connectivity index (χ2n) is 4.37. The number of carbonyl (C=O) groups excluding carboxylic acids is 1. The van der Waals surface area contributed by atoms with Crippen LogP contribution in [0.5, 0.6) is 0 Å². The predicted molar refractivity (Wildman–Crippen MR) is 74.3 cm³/mol. The lowest BCUT2D eigenvalue weighted by atomic mass is 10.3. The van der Waals surface area contributed by atoms with E-state index in [1.54, 1.807) is 0 Å². The number of hydrogen-bond donors (Lipinski definition) is 2. The zero-order valence-electron chi connectivity index (χ0n) is 11.7. The Labute approximate surface area is 124 Å². The summed E-state index contributed by atoms with van der Waals surface area (Å²) in [6, 6.07) is 3.18. The summed E-state index contributed by atoms with van der Waals surface area (Å²) in [6.45, 7) is 2.39. The number of benzene rings is 1. The molecule has 2 rings (SSSR count). The van der Waals surface area contributed by atoms with Crippen molar-refractivity contribution in [1.82, 2.24) is 15.3 Å². The quantitative estimate of drug-likeness (QED) is 0.833. The van der Waals surface area contributed by atoms with E-state index in [4.69, 9.17) is 0 Å². The Morgan fingerprint density at radius 3 is 2.68 bits per heavy atom. The van der Waals surface area contributed by atoms with E-state index in [0.29, 0.717) is 6.54 Å². The lowest BCUT2D eigenvalue weighted by Gasteiger charge is -2.08. The van der Waals surface area contributed by atoms with E-state index in [0.717, 1.165) is 18.6 Å². The van der Waals surface area contributed by atoms with Crippen LogP contribution in [-0.4, -0.2) is 22.4 Å². The maximum atomic E-state index is 13.6. The van der Waals surface area contributed by atoms with E-state index in [1.807, 2.05) is 6.92 Å².